The lowest BCUT2D eigenvalue weighted by molar-refractivity contribution is 0.0934. The second-order valence-corrected chi connectivity index (χ2v) is 5.65. The molecule has 19 heavy (non-hydrogen) atoms. The van der Waals surface area contributed by atoms with Crippen LogP contribution >= 0.6 is 11.3 Å². The van der Waals surface area contributed by atoms with Crippen LogP contribution in [0.1, 0.15) is 23.0 Å². The number of fused-ring (bicyclic) bond motifs is 1. The summed E-state index contributed by atoms with van der Waals surface area (Å²) in [6.07, 6.45) is 0.806. The molecule has 1 unspecified atom stereocenters. The van der Waals surface area contributed by atoms with Crippen molar-refractivity contribution in [1.82, 2.24) is 5.32 Å². The summed E-state index contributed by atoms with van der Waals surface area (Å²) in [6.45, 7) is 2.62. The molecule has 1 aromatic heterocycles. The van der Waals surface area contributed by atoms with E-state index in [4.69, 9.17) is 10.5 Å². The molecule has 0 aliphatic rings. The molecule has 2 aromatic rings. The maximum absolute atomic E-state index is 12.1. The smallest absolute Gasteiger partial charge is 0.261 e. The average molecular weight is 278 g/mol. The van der Waals surface area contributed by atoms with Crippen molar-refractivity contribution < 1.29 is 9.53 Å². The molecule has 0 bridgehead atoms. The average Bonchev–Trinajstić information content (AvgIpc) is 2.79. The largest absolute Gasteiger partial charge is 0.399 e. The van der Waals surface area contributed by atoms with Crippen molar-refractivity contribution in [3.05, 3.63) is 29.1 Å². The first-order valence-electron chi connectivity index (χ1n) is 6.19. The zero-order valence-corrected chi connectivity index (χ0v) is 11.9. The van der Waals surface area contributed by atoms with Gasteiger partial charge in [0.1, 0.15) is 0 Å². The molecule has 1 heterocycles. The summed E-state index contributed by atoms with van der Waals surface area (Å²) < 4.78 is 6.07. The molecule has 0 fully saturated rings. The van der Waals surface area contributed by atoms with Crippen LogP contribution in [-0.2, 0) is 4.74 Å². The van der Waals surface area contributed by atoms with Gasteiger partial charge in [0.15, 0.2) is 0 Å². The fourth-order valence-corrected chi connectivity index (χ4v) is 2.78. The van der Waals surface area contributed by atoms with Crippen LogP contribution in [0.5, 0.6) is 0 Å². The van der Waals surface area contributed by atoms with E-state index in [1.54, 1.807) is 7.11 Å². The highest BCUT2D eigenvalue weighted by atomic mass is 32.1. The van der Waals surface area contributed by atoms with Gasteiger partial charge >= 0.3 is 0 Å². The number of ether oxygens (including phenoxy) is 1. The first kappa shape index (κ1) is 13.8. The maximum atomic E-state index is 12.1. The van der Waals surface area contributed by atoms with Gasteiger partial charge in [-0.25, -0.2) is 0 Å². The van der Waals surface area contributed by atoms with Gasteiger partial charge in [-0.05, 0) is 43.0 Å². The number of hydrogen-bond donors (Lipinski definition) is 2. The van der Waals surface area contributed by atoms with Gasteiger partial charge in [-0.1, -0.05) is 0 Å². The van der Waals surface area contributed by atoms with Crippen molar-refractivity contribution in [2.75, 3.05) is 19.5 Å². The van der Waals surface area contributed by atoms with E-state index in [1.807, 2.05) is 31.2 Å². The number of methoxy groups -OCH3 is 1. The zero-order valence-electron chi connectivity index (χ0n) is 11.1. The molecule has 0 saturated carbocycles. The van der Waals surface area contributed by atoms with E-state index in [0.29, 0.717) is 17.2 Å². The molecule has 2 rings (SSSR count). The summed E-state index contributed by atoms with van der Waals surface area (Å²) >= 11 is 1.48. The van der Waals surface area contributed by atoms with E-state index in [-0.39, 0.29) is 11.9 Å². The number of amides is 1. The Hall–Kier alpha value is -1.59. The summed E-state index contributed by atoms with van der Waals surface area (Å²) in [6, 6.07) is 7.66. The monoisotopic (exact) mass is 278 g/mol. The third kappa shape index (κ3) is 3.45. The summed E-state index contributed by atoms with van der Waals surface area (Å²) in [5, 5.41) is 3.98. The topological polar surface area (TPSA) is 64.3 Å². The fourth-order valence-electron chi connectivity index (χ4n) is 1.84. The van der Waals surface area contributed by atoms with Gasteiger partial charge < -0.3 is 15.8 Å². The summed E-state index contributed by atoms with van der Waals surface area (Å²) in [5.74, 6) is -0.0385. The van der Waals surface area contributed by atoms with Gasteiger partial charge in [-0.15, -0.1) is 11.3 Å². The predicted molar refractivity (Wildman–Crippen MR) is 79.7 cm³/mol. The van der Waals surface area contributed by atoms with Gasteiger partial charge in [-0.3, -0.25) is 4.79 Å². The van der Waals surface area contributed by atoms with Crippen LogP contribution in [0.3, 0.4) is 0 Å². The van der Waals surface area contributed by atoms with Gasteiger partial charge in [0.2, 0.25) is 0 Å². The molecule has 0 saturated heterocycles. The van der Waals surface area contributed by atoms with Crippen molar-refractivity contribution in [2.45, 2.75) is 19.4 Å². The molecule has 4 nitrogen and oxygen atoms in total. The quantitative estimate of drug-likeness (QED) is 0.826. The summed E-state index contributed by atoms with van der Waals surface area (Å²) in [7, 11) is 1.66. The Kier molecular flexibility index (Phi) is 4.39. The van der Waals surface area contributed by atoms with E-state index in [0.717, 1.165) is 16.5 Å². The lowest BCUT2D eigenvalue weighted by Crippen LogP contribution is -2.32. The number of carbonyl (C=O) groups is 1. The fraction of sp³-hybridized carbons (Fsp3) is 0.357. The Labute approximate surface area is 116 Å². The van der Waals surface area contributed by atoms with Crippen LogP contribution in [0.25, 0.3) is 10.1 Å². The number of nitrogen functional groups attached to an aromatic ring is 1. The van der Waals surface area contributed by atoms with E-state index in [2.05, 4.69) is 5.32 Å². The molecule has 0 radical (unpaired) electrons. The van der Waals surface area contributed by atoms with Crippen LogP contribution in [0.15, 0.2) is 24.3 Å². The van der Waals surface area contributed by atoms with Crippen LogP contribution in [0, 0.1) is 0 Å². The predicted octanol–water partition coefficient (Wildman–Crippen LogP) is 2.64. The van der Waals surface area contributed by atoms with Crippen molar-refractivity contribution in [3.8, 4) is 0 Å². The number of nitrogens with one attached hydrogen (secondary N) is 1. The minimum Gasteiger partial charge on any atom is -0.399 e. The van der Waals surface area contributed by atoms with E-state index >= 15 is 0 Å². The number of nitrogens with two attached hydrogens (primary N) is 1. The van der Waals surface area contributed by atoms with E-state index < -0.39 is 0 Å². The summed E-state index contributed by atoms with van der Waals surface area (Å²) in [4.78, 5) is 12.8. The highest BCUT2D eigenvalue weighted by Crippen LogP contribution is 2.27. The van der Waals surface area contributed by atoms with E-state index in [1.165, 1.54) is 11.3 Å². The zero-order chi connectivity index (χ0) is 13.8. The molecular formula is C14H18N2O2S. The molecule has 1 amide bonds. The van der Waals surface area contributed by atoms with Crippen molar-refractivity contribution in [3.63, 3.8) is 0 Å². The first-order valence-corrected chi connectivity index (χ1v) is 7.00. The van der Waals surface area contributed by atoms with Crippen LogP contribution < -0.4 is 11.1 Å². The van der Waals surface area contributed by atoms with Crippen LogP contribution in [-0.4, -0.2) is 25.7 Å². The number of carbonyl (C=O) groups excluding carboxylic acids is 1. The number of anilines is 1. The van der Waals surface area contributed by atoms with Gasteiger partial charge in [0.05, 0.1) is 4.88 Å². The third-order valence-corrected chi connectivity index (χ3v) is 4.01. The Bertz CT molecular complexity index is 580. The van der Waals surface area contributed by atoms with Crippen molar-refractivity contribution in [1.29, 1.82) is 0 Å². The highest BCUT2D eigenvalue weighted by molar-refractivity contribution is 7.20. The lowest BCUT2D eigenvalue weighted by atomic mass is 10.2. The second kappa shape index (κ2) is 6.04. The van der Waals surface area contributed by atoms with Crippen molar-refractivity contribution in [2.24, 2.45) is 0 Å². The van der Waals surface area contributed by atoms with Gasteiger partial charge in [0, 0.05) is 30.1 Å². The Balaban J connectivity index is 2.08. The molecule has 0 aliphatic heterocycles. The Morgan fingerprint density at radius 3 is 3.00 bits per heavy atom. The number of thiophene rings is 1. The number of hydrogen-bond acceptors (Lipinski definition) is 4. The first-order chi connectivity index (χ1) is 9.10. The van der Waals surface area contributed by atoms with Gasteiger partial charge in [0.25, 0.3) is 5.91 Å². The minimum absolute atomic E-state index is 0.0385. The van der Waals surface area contributed by atoms with Crippen LogP contribution in [0.2, 0.25) is 0 Å². The number of rotatable bonds is 5. The maximum Gasteiger partial charge on any atom is 0.261 e. The molecule has 5 heteroatoms. The second-order valence-electron chi connectivity index (χ2n) is 4.56. The SMILES string of the molecule is COCCC(C)NC(=O)c1cc2cc(N)ccc2s1. The molecular weight excluding hydrogens is 260 g/mol. The summed E-state index contributed by atoms with van der Waals surface area (Å²) in [5.41, 5.74) is 6.45. The Morgan fingerprint density at radius 2 is 2.26 bits per heavy atom. The van der Waals surface area contributed by atoms with Gasteiger partial charge in [-0.2, -0.15) is 0 Å². The standard InChI is InChI=1S/C14H18N2O2S/c1-9(5-6-18-2)16-14(17)13-8-10-7-11(15)3-4-12(10)19-13/h3-4,7-9H,5-6,15H2,1-2H3,(H,16,17). The van der Waals surface area contributed by atoms with E-state index in [9.17, 15) is 4.79 Å². The van der Waals surface area contributed by atoms with Crippen LogP contribution in [0.4, 0.5) is 5.69 Å². The minimum atomic E-state index is -0.0385. The molecule has 0 spiro atoms. The lowest BCUT2D eigenvalue weighted by Gasteiger charge is -2.12. The molecule has 1 aromatic carbocycles. The number of benzene rings is 1. The Morgan fingerprint density at radius 1 is 1.47 bits per heavy atom. The normalized spacial score (nSPS) is 12.5. The third-order valence-electron chi connectivity index (χ3n) is 2.90. The van der Waals surface area contributed by atoms with Crippen molar-refractivity contribution >= 4 is 33.0 Å². The molecule has 0 aliphatic carbocycles. The molecule has 3 N–H and O–H groups in total. The molecule has 102 valence electrons. The molecule has 1 atom stereocenters. The highest BCUT2D eigenvalue weighted by Gasteiger charge is 2.12.